The summed E-state index contributed by atoms with van der Waals surface area (Å²) in [5, 5.41) is 2.75. The van der Waals surface area contributed by atoms with E-state index in [0.717, 1.165) is 16.7 Å². The fourth-order valence-electron chi connectivity index (χ4n) is 4.03. The molecule has 0 aromatic heterocycles. The van der Waals surface area contributed by atoms with Gasteiger partial charge in [-0.3, -0.25) is 4.79 Å². The van der Waals surface area contributed by atoms with Crippen LogP contribution in [0.4, 0.5) is 14.5 Å². The second-order valence-electron chi connectivity index (χ2n) is 7.80. The minimum absolute atomic E-state index is 0.00760. The molecular weight excluding hydrogens is 426 g/mol. The summed E-state index contributed by atoms with van der Waals surface area (Å²) in [6.45, 7) is 3.13. The SMILES string of the molecule is Cc1cc(C)c(S(=O)(=O)N2CCC(C(=O)Nc3ccc(OC(F)F)cc3)CC2)c(C)c1. The lowest BCUT2D eigenvalue weighted by Gasteiger charge is -2.31. The quantitative estimate of drug-likeness (QED) is 0.711. The van der Waals surface area contributed by atoms with Crippen molar-refractivity contribution in [2.75, 3.05) is 18.4 Å². The highest BCUT2D eigenvalue weighted by Gasteiger charge is 2.33. The van der Waals surface area contributed by atoms with Crippen molar-refractivity contribution >= 4 is 21.6 Å². The molecule has 1 N–H and O–H groups in total. The van der Waals surface area contributed by atoms with E-state index in [2.05, 4.69) is 10.1 Å². The van der Waals surface area contributed by atoms with E-state index in [-0.39, 0.29) is 30.7 Å². The Labute approximate surface area is 181 Å². The van der Waals surface area contributed by atoms with Crippen LogP contribution in [-0.4, -0.2) is 38.3 Å². The third kappa shape index (κ3) is 5.40. The van der Waals surface area contributed by atoms with Crippen LogP contribution in [0.25, 0.3) is 0 Å². The van der Waals surface area contributed by atoms with Crippen molar-refractivity contribution < 1.29 is 26.7 Å². The Morgan fingerprint density at radius 2 is 1.61 bits per heavy atom. The standard InChI is InChI=1S/C22H26F2N2O4S/c1-14-12-15(2)20(16(3)13-14)31(28,29)26-10-8-17(9-11-26)21(27)25-18-4-6-19(7-5-18)30-22(23)24/h4-7,12-13,17,22H,8-11H2,1-3H3,(H,25,27). The van der Waals surface area contributed by atoms with Gasteiger partial charge < -0.3 is 10.1 Å². The van der Waals surface area contributed by atoms with Crippen molar-refractivity contribution in [1.82, 2.24) is 4.31 Å². The van der Waals surface area contributed by atoms with Crippen LogP contribution < -0.4 is 10.1 Å². The van der Waals surface area contributed by atoms with Crippen molar-refractivity contribution in [2.24, 2.45) is 5.92 Å². The predicted molar refractivity (Wildman–Crippen MR) is 114 cm³/mol. The predicted octanol–water partition coefficient (Wildman–Crippen LogP) is 4.25. The highest BCUT2D eigenvalue weighted by atomic mass is 32.2. The van der Waals surface area contributed by atoms with Crippen LogP contribution in [0.5, 0.6) is 5.75 Å². The zero-order chi connectivity index (χ0) is 22.8. The number of carbonyl (C=O) groups excluding carboxylic acids is 1. The van der Waals surface area contributed by atoms with E-state index in [1.165, 1.54) is 28.6 Å². The first-order valence-corrected chi connectivity index (χ1v) is 11.5. The normalized spacial score (nSPS) is 15.8. The summed E-state index contributed by atoms with van der Waals surface area (Å²) < 4.78 is 56.5. The Hall–Kier alpha value is -2.52. The number of sulfonamides is 1. The van der Waals surface area contributed by atoms with E-state index in [1.54, 1.807) is 13.8 Å². The van der Waals surface area contributed by atoms with Crippen LogP contribution in [-0.2, 0) is 14.8 Å². The van der Waals surface area contributed by atoms with Gasteiger partial charge in [-0.05, 0) is 69.0 Å². The number of nitrogens with zero attached hydrogens (tertiary/aromatic N) is 1. The number of alkyl halides is 2. The Balaban J connectivity index is 1.62. The molecule has 0 bridgehead atoms. The average molecular weight is 453 g/mol. The van der Waals surface area contributed by atoms with Gasteiger partial charge in [0.15, 0.2) is 0 Å². The number of rotatable bonds is 6. The smallest absolute Gasteiger partial charge is 0.387 e. The first kappa shape index (κ1) is 23.1. The van der Waals surface area contributed by atoms with Crippen molar-refractivity contribution in [3.8, 4) is 5.75 Å². The number of benzene rings is 2. The second-order valence-corrected chi connectivity index (χ2v) is 9.67. The number of piperidine rings is 1. The second kappa shape index (κ2) is 9.32. The minimum Gasteiger partial charge on any atom is -0.435 e. The summed E-state index contributed by atoms with van der Waals surface area (Å²) in [6.07, 6.45) is 0.809. The lowest BCUT2D eigenvalue weighted by molar-refractivity contribution is -0.120. The molecule has 1 saturated heterocycles. The van der Waals surface area contributed by atoms with Gasteiger partial charge in [0.25, 0.3) is 0 Å². The molecule has 1 heterocycles. The molecule has 2 aromatic rings. The largest absolute Gasteiger partial charge is 0.435 e. The number of nitrogens with one attached hydrogen (secondary N) is 1. The number of hydrogen-bond donors (Lipinski definition) is 1. The van der Waals surface area contributed by atoms with Gasteiger partial charge in [0, 0.05) is 24.7 Å². The fourth-order valence-corrected chi connectivity index (χ4v) is 5.91. The Morgan fingerprint density at radius 1 is 1.06 bits per heavy atom. The molecule has 9 heteroatoms. The maximum atomic E-state index is 13.2. The number of carbonyl (C=O) groups is 1. The van der Waals surface area contributed by atoms with Gasteiger partial charge in [-0.15, -0.1) is 0 Å². The van der Waals surface area contributed by atoms with Gasteiger partial charge in [-0.2, -0.15) is 13.1 Å². The summed E-state index contributed by atoms with van der Waals surface area (Å²) in [4.78, 5) is 12.9. The molecule has 1 amide bonds. The highest BCUT2D eigenvalue weighted by Crippen LogP contribution is 2.29. The molecule has 0 atom stereocenters. The van der Waals surface area contributed by atoms with E-state index in [4.69, 9.17) is 0 Å². The first-order valence-electron chi connectivity index (χ1n) is 10.0. The number of hydrogen-bond acceptors (Lipinski definition) is 4. The average Bonchev–Trinajstić information content (AvgIpc) is 2.68. The fraction of sp³-hybridized carbons (Fsp3) is 0.409. The summed E-state index contributed by atoms with van der Waals surface area (Å²) in [7, 11) is -3.64. The van der Waals surface area contributed by atoms with E-state index in [1.807, 2.05) is 19.1 Å². The van der Waals surface area contributed by atoms with Gasteiger partial charge >= 0.3 is 6.61 Å². The number of halogens is 2. The molecule has 1 aliphatic heterocycles. The molecule has 0 unspecified atom stereocenters. The van der Waals surface area contributed by atoms with E-state index < -0.39 is 16.6 Å². The zero-order valence-electron chi connectivity index (χ0n) is 17.7. The Morgan fingerprint density at radius 3 is 2.13 bits per heavy atom. The summed E-state index contributed by atoms with van der Waals surface area (Å²) in [5.41, 5.74) is 2.92. The third-order valence-electron chi connectivity index (χ3n) is 5.37. The maximum Gasteiger partial charge on any atom is 0.387 e. The molecule has 3 rings (SSSR count). The minimum atomic E-state index is -3.64. The number of aryl methyl sites for hydroxylation is 3. The highest BCUT2D eigenvalue weighted by molar-refractivity contribution is 7.89. The van der Waals surface area contributed by atoms with Crippen LogP contribution >= 0.6 is 0 Å². The van der Waals surface area contributed by atoms with Crippen LogP contribution in [0.2, 0.25) is 0 Å². The van der Waals surface area contributed by atoms with Crippen molar-refractivity contribution in [2.45, 2.75) is 45.1 Å². The molecule has 1 fully saturated rings. The van der Waals surface area contributed by atoms with Crippen molar-refractivity contribution in [1.29, 1.82) is 0 Å². The Bertz CT molecular complexity index is 1020. The molecule has 2 aromatic carbocycles. The molecular formula is C22H26F2N2O4S. The van der Waals surface area contributed by atoms with Crippen LogP contribution in [0.1, 0.15) is 29.5 Å². The van der Waals surface area contributed by atoms with Gasteiger partial charge in [-0.1, -0.05) is 17.7 Å². The molecule has 0 saturated carbocycles. The van der Waals surface area contributed by atoms with Gasteiger partial charge in [0.1, 0.15) is 5.75 Å². The molecule has 0 spiro atoms. The summed E-state index contributed by atoms with van der Waals surface area (Å²) >= 11 is 0. The maximum absolute atomic E-state index is 13.2. The monoisotopic (exact) mass is 452 g/mol. The van der Waals surface area contributed by atoms with Gasteiger partial charge in [-0.25, -0.2) is 8.42 Å². The molecule has 1 aliphatic rings. The first-order chi connectivity index (χ1) is 14.6. The lowest BCUT2D eigenvalue weighted by atomic mass is 9.97. The van der Waals surface area contributed by atoms with Crippen LogP contribution in [0, 0.1) is 26.7 Å². The number of anilines is 1. The topological polar surface area (TPSA) is 75.7 Å². The van der Waals surface area contributed by atoms with Gasteiger partial charge in [0.2, 0.25) is 15.9 Å². The number of amides is 1. The molecule has 168 valence electrons. The van der Waals surface area contributed by atoms with Crippen molar-refractivity contribution in [3.05, 3.63) is 53.1 Å². The molecule has 0 aliphatic carbocycles. The van der Waals surface area contributed by atoms with E-state index in [9.17, 15) is 22.0 Å². The van der Waals surface area contributed by atoms with Gasteiger partial charge in [0.05, 0.1) is 4.90 Å². The molecule has 0 radical (unpaired) electrons. The summed E-state index contributed by atoms with van der Waals surface area (Å²) in [5.74, 6) is -0.542. The zero-order valence-corrected chi connectivity index (χ0v) is 18.5. The Kier molecular flexibility index (Phi) is 6.96. The van der Waals surface area contributed by atoms with Crippen molar-refractivity contribution in [3.63, 3.8) is 0 Å². The van der Waals surface area contributed by atoms with E-state index in [0.29, 0.717) is 23.4 Å². The third-order valence-corrected chi connectivity index (χ3v) is 7.58. The summed E-state index contributed by atoms with van der Waals surface area (Å²) in [6, 6.07) is 9.39. The molecule has 6 nitrogen and oxygen atoms in total. The lowest BCUT2D eigenvalue weighted by Crippen LogP contribution is -2.41. The molecule has 31 heavy (non-hydrogen) atoms. The van der Waals surface area contributed by atoms with Crippen LogP contribution in [0.3, 0.4) is 0 Å². The van der Waals surface area contributed by atoms with Crippen LogP contribution in [0.15, 0.2) is 41.3 Å². The number of ether oxygens (including phenoxy) is 1. The van der Waals surface area contributed by atoms with E-state index >= 15 is 0 Å².